The van der Waals surface area contributed by atoms with Crippen LogP contribution in [0.2, 0.25) is 0 Å². The first-order chi connectivity index (χ1) is 6.85. The molecular weight excluding hydrogens is 180 g/mol. The van der Waals surface area contributed by atoms with Crippen LogP contribution in [0.4, 0.5) is 0 Å². The number of hydrogen-bond donors (Lipinski definition) is 1. The van der Waals surface area contributed by atoms with E-state index >= 15 is 0 Å². The van der Waals surface area contributed by atoms with Gasteiger partial charge in [0.15, 0.2) is 11.5 Å². The molecule has 14 heavy (non-hydrogen) atoms. The second-order valence-corrected chi connectivity index (χ2v) is 3.30. The monoisotopic (exact) mass is 194 g/mol. The molecule has 1 aromatic rings. The number of rotatable bonds is 3. The molecule has 0 fully saturated rings. The van der Waals surface area contributed by atoms with Crippen molar-refractivity contribution in [1.82, 2.24) is 0 Å². The molecule has 1 N–H and O–H groups in total. The third-order valence-electron chi connectivity index (χ3n) is 2.46. The van der Waals surface area contributed by atoms with Crippen LogP contribution < -0.4 is 9.47 Å². The fourth-order valence-electron chi connectivity index (χ4n) is 1.71. The summed E-state index contributed by atoms with van der Waals surface area (Å²) in [4.78, 5) is 0. The van der Waals surface area contributed by atoms with E-state index in [4.69, 9.17) is 14.6 Å². The molecule has 1 heterocycles. The molecule has 1 aromatic carbocycles. The normalized spacial score (nSPS) is 13.3. The summed E-state index contributed by atoms with van der Waals surface area (Å²) in [6, 6.07) is 3.98. The molecule has 0 bridgehead atoms. The Morgan fingerprint density at radius 2 is 1.86 bits per heavy atom. The summed E-state index contributed by atoms with van der Waals surface area (Å²) in [6.45, 7) is 2.58. The second-order valence-electron chi connectivity index (χ2n) is 3.30. The lowest BCUT2D eigenvalue weighted by atomic mass is 10.0. The van der Waals surface area contributed by atoms with Crippen LogP contribution in [0.3, 0.4) is 0 Å². The Kier molecular flexibility index (Phi) is 2.59. The lowest BCUT2D eigenvalue weighted by Gasteiger charge is -2.07. The molecule has 0 spiro atoms. The van der Waals surface area contributed by atoms with Crippen LogP contribution in [0.1, 0.15) is 18.1 Å². The number of aliphatic hydroxyl groups is 1. The molecule has 1 aliphatic heterocycles. The van der Waals surface area contributed by atoms with E-state index in [-0.39, 0.29) is 6.61 Å². The van der Waals surface area contributed by atoms with Crippen molar-refractivity contribution in [2.24, 2.45) is 0 Å². The Morgan fingerprint density at radius 1 is 1.21 bits per heavy atom. The predicted molar refractivity (Wildman–Crippen MR) is 52.7 cm³/mol. The number of benzene rings is 1. The molecule has 3 nitrogen and oxygen atoms in total. The van der Waals surface area contributed by atoms with E-state index in [1.54, 1.807) is 0 Å². The van der Waals surface area contributed by atoms with Gasteiger partial charge in [0.05, 0.1) is 0 Å². The molecule has 0 unspecified atom stereocenters. The predicted octanol–water partition coefficient (Wildman–Crippen LogP) is 1.51. The van der Waals surface area contributed by atoms with Gasteiger partial charge < -0.3 is 14.6 Å². The van der Waals surface area contributed by atoms with Crippen LogP contribution in [0.15, 0.2) is 12.1 Å². The molecule has 1 aliphatic rings. The SMILES string of the molecule is CCc1cc2c(cc1CCO)OCO2. The van der Waals surface area contributed by atoms with Gasteiger partial charge in [-0.3, -0.25) is 0 Å². The minimum Gasteiger partial charge on any atom is -0.454 e. The maximum absolute atomic E-state index is 8.92. The summed E-state index contributed by atoms with van der Waals surface area (Å²) in [5.74, 6) is 1.62. The Balaban J connectivity index is 2.38. The summed E-state index contributed by atoms with van der Waals surface area (Å²) < 4.78 is 10.6. The van der Waals surface area contributed by atoms with Crippen LogP contribution in [0, 0.1) is 0 Å². The largest absolute Gasteiger partial charge is 0.454 e. The van der Waals surface area contributed by atoms with Gasteiger partial charge >= 0.3 is 0 Å². The molecule has 2 rings (SSSR count). The molecule has 0 aromatic heterocycles. The van der Waals surface area contributed by atoms with E-state index in [2.05, 4.69) is 6.92 Å². The maximum atomic E-state index is 8.92. The first kappa shape index (κ1) is 9.34. The van der Waals surface area contributed by atoms with Crippen LogP contribution in [0.25, 0.3) is 0 Å². The van der Waals surface area contributed by atoms with Crippen molar-refractivity contribution >= 4 is 0 Å². The van der Waals surface area contributed by atoms with Gasteiger partial charge in [0.2, 0.25) is 6.79 Å². The van der Waals surface area contributed by atoms with Crippen molar-refractivity contribution < 1.29 is 14.6 Å². The number of hydrogen-bond acceptors (Lipinski definition) is 3. The average Bonchev–Trinajstić information content (AvgIpc) is 2.64. The van der Waals surface area contributed by atoms with Crippen molar-refractivity contribution in [3.05, 3.63) is 23.3 Å². The van der Waals surface area contributed by atoms with E-state index in [9.17, 15) is 0 Å². The first-order valence-electron chi connectivity index (χ1n) is 4.87. The van der Waals surface area contributed by atoms with Gasteiger partial charge in [-0.2, -0.15) is 0 Å². The van der Waals surface area contributed by atoms with Crippen LogP contribution in [-0.4, -0.2) is 18.5 Å². The first-order valence-corrected chi connectivity index (χ1v) is 4.87. The number of ether oxygens (including phenoxy) is 2. The zero-order chi connectivity index (χ0) is 9.97. The van der Waals surface area contributed by atoms with Gasteiger partial charge in [-0.25, -0.2) is 0 Å². The summed E-state index contributed by atoms with van der Waals surface area (Å²) in [7, 11) is 0. The van der Waals surface area contributed by atoms with Gasteiger partial charge in [-0.1, -0.05) is 6.92 Å². The van der Waals surface area contributed by atoms with Gasteiger partial charge in [-0.05, 0) is 36.1 Å². The smallest absolute Gasteiger partial charge is 0.231 e. The number of aryl methyl sites for hydroxylation is 1. The highest BCUT2D eigenvalue weighted by Crippen LogP contribution is 2.35. The zero-order valence-electron chi connectivity index (χ0n) is 8.25. The van der Waals surface area contributed by atoms with Crippen molar-refractivity contribution in [2.45, 2.75) is 19.8 Å². The molecule has 0 atom stereocenters. The summed E-state index contributed by atoms with van der Waals surface area (Å²) in [5, 5.41) is 8.92. The molecule has 3 heteroatoms. The highest BCUT2D eigenvalue weighted by atomic mass is 16.7. The molecule has 0 saturated carbocycles. The fourth-order valence-corrected chi connectivity index (χ4v) is 1.71. The molecule has 0 amide bonds. The summed E-state index contributed by atoms with van der Waals surface area (Å²) in [6.07, 6.45) is 1.63. The topological polar surface area (TPSA) is 38.7 Å². The Bertz CT molecular complexity index is 334. The van der Waals surface area contributed by atoms with Crippen LogP contribution >= 0.6 is 0 Å². The summed E-state index contributed by atoms with van der Waals surface area (Å²) in [5.41, 5.74) is 2.38. The van der Waals surface area contributed by atoms with Crippen molar-refractivity contribution in [3.8, 4) is 11.5 Å². The Morgan fingerprint density at radius 3 is 2.43 bits per heavy atom. The summed E-state index contributed by atoms with van der Waals surface area (Å²) >= 11 is 0. The number of aliphatic hydroxyl groups excluding tert-OH is 1. The van der Waals surface area contributed by atoms with E-state index in [0.29, 0.717) is 13.2 Å². The highest BCUT2D eigenvalue weighted by molar-refractivity contribution is 5.48. The quantitative estimate of drug-likeness (QED) is 0.792. The Labute approximate surface area is 83.3 Å². The average molecular weight is 194 g/mol. The minimum absolute atomic E-state index is 0.173. The molecular formula is C11H14O3. The van der Waals surface area contributed by atoms with E-state index in [1.165, 1.54) is 5.56 Å². The third-order valence-corrected chi connectivity index (χ3v) is 2.46. The lowest BCUT2D eigenvalue weighted by Crippen LogP contribution is -1.96. The maximum Gasteiger partial charge on any atom is 0.231 e. The van der Waals surface area contributed by atoms with Crippen LogP contribution in [-0.2, 0) is 12.8 Å². The van der Waals surface area contributed by atoms with Crippen LogP contribution in [0.5, 0.6) is 11.5 Å². The minimum atomic E-state index is 0.173. The zero-order valence-corrected chi connectivity index (χ0v) is 8.25. The molecule has 0 radical (unpaired) electrons. The van der Waals surface area contributed by atoms with Crippen molar-refractivity contribution in [3.63, 3.8) is 0 Å². The van der Waals surface area contributed by atoms with Gasteiger partial charge in [0.25, 0.3) is 0 Å². The standard InChI is InChI=1S/C11H14O3/c1-2-8-5-10-11(14-7-13-10)6-9(8)3-4-12/h5-6,12H,2-4,7H2,1H3. The fraction of sp³-hybridized carbons (Fsp3) is 0.455. The van der Waals surface area contributed by atoms with Gasteiger partial charge in [-0.15, -0.1) is 0 Å². The lowest BCUT2D eigenvalue weighted by molar-refractivity contribution is 0.174. The number of fused-ring (bicyclic) bond motifs is 1. The highest BCUT2D eigenvalue weighted by Gasteiger charge is 2.15. The second kappa shape index (κ2) is 3.88. The van der Waals surface area contributed by atoms with E-state index < -0.39 is 0 Å². The van der Waals surface area contributed by atoms with E-state index in [0.717, 1.165) is 23.5 Å². The molecule has 76 valence electrons. The molecule has 0 aliphatic carbocycles. The Hall–Kier alpha value is -1.22. The molecule has 0 saturated heterocycles. The van der Waals surface area contributed by atoms with Gasteiger partial charge in [0, 0.05) is 6.61 Å². The van der Waals surface area contributed by atoms with Gasteiger partial charge in [0.1, 0.15) is 0 Å². The third kappa shape index (κ3) is 1.55. The van der Waals surface area contributed by atoms with Crippen molar-refractivity contribution in [1.29, 1.82) is 0 Å². The van der Waals surface area contributed by atoms with E-state index in [1.807, 2.05) is 12.1 Å². The van der Waals surface area contributed by atoms with Crippen molar-refractivity contribution in [2.75, 3.05) is 13.4 Å².